The summed E-state index contributed by atoms with van der Waals surface area (Å²) in [4.78, 5) is 12.0. The predicted octanol–water partition coefficient (Wildman–Crippen LogP) is 12.0. The SMILES string of the molecule is [C-]#[N+]/C(C#N)=C1\C=C(c2cc3sc4c(c3s2)OC2(CCCCC2)c2c-4sc3cc(C4=C/C(=C(\C#N)[N+]#[C-])CCC4)sc23)CCC1. The lowest BCUT2D eigenvalue weighted by molar-refractivity contribution is 0.0282. The number of nitriles is 2. The third-order valence-electron chi connectivity index (χ3n) is 9.47. The molecule has 0 radical (unpaired) electrons. The first-order valence-electron chi connectivity index (χ1n) is 15.3. The van der Waals surface area contributed by atoms with Gasteiger partial charge in [0.1, 0.15) is 5.60 Å². The van der Waals surface area contributed by atoms with Crippen LogP contribution in [0.25, 0.3) is 49.4 Å². The molecule has 5 nitrogen and oxygen atoms in total. The molecular formula is C36H26N4OS4. The van der Waals surface area contributed by atoms with Gasteiger partial charge in [-0.1, -0.05) is 18.6 Å². The summed E-state index contributed by atoms with van der Waals surface area (Å²) in [5, 5.41) is 18.9. The standard InChI is InChI=1S/C36H26N4OS4/c1-39-24(18-37)20-8-6-10-22(14-20)26-16-28-32(42-26)30-34(44-28)35-31(41-36(30)12-4-3-5-13-36)33-29(45-35)17-27(43-33)23-11-7-9-21(15-23)25(19-38)40-2/h14-17H,3-13H2/b24-20+,25-21-. The van der Waals surface area contributed by atoms with Crippen molar-refractivity contribution in [1.29, 1.82) is 10.5 Å². The van der Waals surface area contributed by atoms with Crippen molar-refractivity contribution in [2.24, 2.45) is 0 Å². The first-order chi connectivity index (χ1) is 22.1. The highest BCUT2D eigenvalue weighted by Gasteiger charge is 2.46. The van der Waals surface area contributed by atoms with E-state index in [2.05, 4.69) is 46.1 Å². The first-order valence-corrected chi connectivity index (χ1v) is 18.6. The van der Waals surface area contributed by atoms with Gasteiger partial charge in [-0.05, 0) is 98.6 Å². The van der Waals surface area contributed by atoms with E-state index in [0.717, 1.165) is 81.1 Å². The fourth-order valence-electron chi connectivity index (χ4n) is 7.36. The highest BCUT2D eigenvalue weighted by Crippen LogP contribution is 2.63. The predicted molar refractivity (Wildman–Crippen MR) is 186 cm³/mol. The lowest BCUT2D eigenvalue weighted by Gasteiger charge is -2.40. The van der Waals surface area contributed by atoms with Gasteiger partial charge in [0.25, 0.3) is 11.4 Å². The number of fused-ring (bicyclic) bond motifs is 8. The molecule has 0 bridgehead atoms. The Morgan fingerprint density at radius 3 is 1.84 bits per heavy atom. The molecule has 3 aliphatic carbocycles. The maximum absolute atomic E-state index is 9.45. The zero-order valence-corrected chi connectivity index (χ0v) is 27.7. The molecule has 1 fully saturated rings. The van der Waals surface area contributed by atoms with E-state index in [1.807, 2.05) is 34.0 Å². The van der Waals surface area contributed by atoms with Gasteiger partial charge in [-0.2, -0.15) is 0 Å². The minimum atomic E-state index is -0.319. The zero-order chi connectivity index (χ0) is 30.7. The van der Waals surface area contributed by atoms with Crippen LogP contribution in [-0.2, 0) is 5.60 Å². The Balaban J connectivity index is 1.25. The number of nitrogens with zero attached hydrogens (tertiary/aromatic N) is 4. The average molecular weight is 659 g/mol. The van der Waals surface area contributed by atoms with Crippen molar-refractivity contribution in [3.8, 4) is 27.6 Å². The minimum Gasteiger partial charge on any atom is -0.479 e. The van der Waals surface area contributed by atoms with Gasteiger partial charge in [0, 0.05) is 20.0 Å². The third kappa shape index (κ3) is 4.53. The van der Waals surface area contributed by atoms with E-state index in [0.29, 0.717) is 0 Å². The number of ether oxygens (including phenoxy) is 1. The van der Waals surface area contributed by atoms with Gasteiger partial charge in [-0.3, -0.25) is 0 Å². The lowest BCUT2D eigenvalue weighted by Crippen LogP contribution is -2.37. The molecule has 4 aliphatic rings. The van der Waals surface area contributed by atoms with Gasteiger partial charge in [-0.15, -0.1) is 45.3 Å². The van der Waals surface area contributed by atoms with Crippen LogP contribution in [0.5, 0.6) is 5.75 Å². The Morgan fingerprint density at radius 2 is 1.27 bits per heavy atom. The molecule has 0 N–H and O–H groups in total. The molecule has 0 amide bonds. The number of rotatable bonds is 2. The highest BCUT2D eigenvalue weighted by molar-refractivity contribution is 7.35. The van der Waals surface area contributed by atoms with E-state index < -0.39 is 0 Å². The van der Waals surface area contributed by atoms with Gasteiger partial charge in [0.05, 0.1) is 49.1 Å². The van der Waals surface area contributed by atoms with Gasteiger partial charge in [0.2, 0.25) is 0 Å². The van der Waals surface area contributed by atoms with Crippen molar-refractivity contribution in [3.05, 3.63) is 85.0 Å². The van der Waals surface area contributed by atoms with Gasteiger partial charge >= 0.3 is 0 Å². The third-order valence-corrected chi connectivity index (χ3v) is 14.6. The summed E-state index contributed by atoms with van der Waals surface area (Å²) in [5.74, 6) is 1.05. The summed E-state index contributed by atoms with van der Waals surface area (Å²) in [6.45, 7) is 14.8. The molecule has 1 saturated carbocycles. The Labute approximate surface area is 277 Å². The summed E-state index contributed by atoms with van der Waals surface area (Å²) < 4.78 is 12.4. The fourth-order valence-corrected chi connectivity index (χ4v) is 12.9. The second-order valence-corrected chi connectivity index (χ2v) is 16.3. The van der Waals surface area contributed by atoms with E-state index in [1.165, 1.54) is 61.4 Å². The number of hydrogen-bond donors (Lipinski definition) is 0. The largest absolute Gasteiger partial charge is 0.479 e. The first kappa shape index (κ1) is 28.5. The quantitative estimate of drug-likeness (QED) is 0.159. The summed E-state index contributed by atoms with van der Waals surface area (Å²) >= 11 is 7.39. The number of allylic oxidation sites excluding steroid dienone is 8. The average Bonchev–Trinajstić information content (AvgIpc) is 3.83. The van der Waals surface area contributed by atoms with E-state index in [-0.39, 0.29) is 17.0 Å². The number of hydrogen-bond acceptors (Lipinski definition) is 7. The fraction of sp³-hybridized carbons (Fsp3) is 0.333. The smallest absolute Gasteiger partial charge is 0.265 e. The number of thiophene rings is 4. The maximum atomic E-state index is 9.45. The van der Waals surface area contributed by atoms with E-state index in [4.69, 9.17) is 17.9 Å². The summed E-state index contributed by atoms with van der Waals surface area (Å²) in [6.07, 6.45) is 15.2. The normalized spacial score (nSPS) is 21.0. The monoisotopic (exact) mass is 658 g/mol. The van der Waals surface area contributed by atoms with Crippen LogP contribution in [0.15, 0.2) is 46.8 Å². The molecule has 220 valence electrons. The molecule has 1 spiro atoms. The lowest BCUT2D eigenvalue weighted by atomic mass is 9.78. The summed E-state index contributed by atoms with van der Waals surface area (Å²) in [6, 6.07) is 8.81. The topological polar surface area (TPSA) is 65.5 Å². The Kier molecular flexibility index (Phi) is 7.05. The molecule has 45 heavy (non-hydrogen) atoms. The zero-order valence-electron chi connectivity index (χ0n) is 24.4. The van der Waals surface area contributed by atoms with Gasteiger partial charge in [-0.25, -0.2) is 20.2 Å². The minimum absolute atomic E-state index is 0.214. The second-order valence-electron chi connectivity index (χ2n) is 12.1. The molecule has 0 atom stereocenters. The van der Waals surface area contributed by atoms with E-state index in [1.54, 1.807) is 11.3 Å². The Bertz CT molecular complexity index is 2200. The van der Waals surface area contributed by atoms with Crippen LogP contribution in [-0.4, -0.2) is 0 Å². The van der Waals surface area contributed by atoms with Crippen LogP contribution in [0.3, 0.4) is 0 Å². The van der Waals surface area contributed by atoms with E-state index in [9.17, 15) is 10.5 Å². The molecular weight excluding hydrogens is 633 g/mol. The van der Waals surface area contributed by atoms with Crippen molar-refractivity contribution in [2.75, 3.05) is 0 Å². The molecule has 0 saturated heterocycles. The van der Waals surface area contributed by atoms with Crippen LogP contribution in [0, 0.1) is 35.8 Å². The van der Waals surface area contributed by atoms with Crippen LogP contribution in [0.2, 0.25) is 0 Å². The van der Waals surface area contributed by atoms with Crippen molar-refractivity contribution in [1.82, 2.24) is 0 Å². The molecule has 8 rings (SSSR count). The summed E-state index contributed by atoms with van der Waals surface area (Å²) in [5.41, 5.74) is 5.69. The van der Waals surface area contributed by atoms with Crippen molar-refractivity contribution in [2.45, 2.75) is 76.2 Å². The van der Waals surface area contributed by atoms with Crippen LogP contribution < -0.4 is 4.74 Å². The molecule has 4 aromatic rings. The van der Waals surface area contributed by atoms with Crippen molar-refractivity contribution in [3.63, 3.8) is 0 Å². The molecule has 0 unspecified atom stereocenters. The molecule has 9 heteroatoms. The maximum Gasteiger partial charge on any atom is 0.265 e. The molecule has 1 aliphatic heterocycles. The summed E-state index contributed by atoms with van der Waals surface area (Å²) in [7, 11) is 0. The Hall–Kier alpha value is -3.96. The second kappa shape index (κ2) is 11.1. The Morgan fingerprint density at radius 1 is 0.711 bits per heavy atom. The highest BCUT2D eigenvalue weighted by atomic mass is 32.1. The van der Waals surface area contributed by atoms with Crippen LogP contribution in [0.1, 0.15) is 85.9 Å². The van der Waals surface area contributed by atoms with Gasteiger partial charge < -0.3 is 4.74 Å². The van der Waals surface area contributed by atoms with Crippen molar-refractivity contribution < 1.29 is 4.74 Å². The molecule has 5 heterocycles. The van der Waals surface area contributed by atoms with E-state index >= 15 is 0 Å². The van der Waals surface area contributed by atoms with Crippen LogP contribution >= 0.6 is 45.3 Å². The van der Waals surface area contributed by atoms with Crippen LogP contribution in [0.4, 0.5) is 0 Å². The molecule has 4 aromatic heterocycles. The van der Waals surface area contributed by atoms with Gasteiger partial charge in [0.15, 0.2) is 5.75 Å². The van der Waals surface area contributed by atoms with Crippen molar-refractivity contribution >= 4 is 75.3 Å². The molecule has 0 aromatic carbocycles.